The van der Waals surface area contributed by atoms with Crippen LogP contribution < -0.4 is 0 Å². The van der Waals surface area contributed by atoms with Crippen LogP contribution in [0, 0.1) is 0 Å². The van der Waals surface area contributed by atoms with E-state index in [1.165, 1.54) is 128 Å². The summed E-state index contributed by atoms with van der Waals surface area (Å²) in [5, 5.41) is 0. The fraction of sp³-hybridized carbons (Fsp3) is 0.746. The summed E-state index contributed by atoms with van der Waals surface area (Å²) in [5.41, 5.74) is 0. The molecule has 0 bridgehead atoms. The molecule has 0 spiro atoms. The molecule has 0 heterocycles. The molecule has 6 nitrogen and oxygen atoms in total. The summed E-state index contributed by atoms with van der Waals surface area (Å²) in [6, 6.07) is 0. The third-order valence-corrected chi connectivity index (χ3v) is 11.7. The van der Waals surface area contributed by atoms with Crippen molar-refractivity contribution in [3.63, 3.8) is 0 Å². The van der Waals surface area contributed by atoms with Crippen molar-refractivity contribution < 1.29 is 28.6 Å². The average molecular weight is 907 g/mol. The smallest absolute Gasteiger partial charge is 0.306 e. The molecule has 0 radical (unpaired) electrons. The first-order chi connectivity index (χ1) is 32.0. The maximum absolute atomic E-state index is 12.8. The van der Waals surface area contributed by atoms with E-state index in [2.05, 4.69) is 93.7 Å². The molecule has 0 aromatic carbocycles. The van der Waals surface area contributed by atoms with Gasteiger partial charge in [-0.3, -0.25) is 14.4 Å². The minimum atomic E-state index is -0.794. The van der Waals surface area contributed by atoms with E-state index < -0.39 is 6.10 Å². The fourth-order valence-electron chi connectivity index (χ4n) is 7.46. The van der Waals surface area contributed by atoms with Gasteiger partial charge in [-0.25, -0.2) is 0 Å². The highest BCUT2D eigenvalue weighted by atomic mass is 16.6. The molecule has 1 atom stereocenters. The number of hydrogen-bond acceptors (Lipinski definition) is 6. The summed E-state index contributed by atoms with van der Waals surface area (Å²) in [4.78, 5) is 38.0. The molecule has 0 aliphatic heterocycles. The lowest BCUT2D eigenvalue weighted by Gasteiger charge is -2.18. The lowest BCUT2D eigenvalue weighted by Crippen LogP contribution is -2.30. The molecule has 0 saturated heterocycles. The van der Waals surface area contributed by atoms with Crippen molar-refractivity contribution in [2.24, 2.45) is 0 Å². The van der Waals surface area contributed by atoms with Gasteiger partial charge in [0.2, 0.25) is 0 Å². The lowest BCUT2D eigenvalue weighted by molar-refractivity contribution is -0.167. The first-order valence-electron chi connectivity index (χ1n) is 27.4. The second-order valence-electron chi connectivity index (χ2n) is 18.1. The van der Waals surface area contributed by atoms with Crippen molar-refractivity contribution in [3.05, 3.63) is 72.9 Å². The van der Waals surface area contributed by atoms with E-state index in [0.717, 1.165) is 96.3 Å². The van der Waals surface area contributed by atoms with Crippen LogP contribution in [0.25, 0.3) is 0 Å². The zero-order valence-corrected chi connectivity index (χ0v) is 42.7. The molecule has 0 amide bonds. The molecule has 0 aliphatic rings. The van der Waals surface area contributed by atoms with Gasteiger partial charge >= 0.3 is 17.9 Å². The number of ether oxygens (including phenoxy) is 3. The number of allylic oxidation sites excluding steroid dienone is 12. The van der Waals surface area contributed by atoms with Gasteiger partial charge in [0.1, 0.15) is 13.2 Å². The minimum Gasteiger partial charge on any atom is -0.462 e. The van der Waals surface area contributed by atoms with Gasteiger partial charge in [0.25, 0.3) is 0 Å². The van der Waals surface area contributed by atoms with Crippen molar-refractivity contribution in [1.82, 2.24) is 0 Å². The number of unbranched alkanes of at least 4 members (excludes halogenated alkanes) is 26. The highest BCUT2D eigenvalue weighted by Gasteiger charge is 2.19. The van der Waals surface area contributed by atoms with E-state index in [1.807, 2.05) is 0 Å². The standard InChI is InChI=1S/C59H102O6/c1-4-7-10-13-16-19-22-24-26-28-29-31-33-35-38-40-43-46-49-52-58(61)64-55-56(65-59(62)53-50-47-44-41-36-21-18-15-12-9-6-3)54-63-57(60)51-48-45-42-39-37-34-32-30-27-25-23-20-17-14-11-8-5-2/h15-16,18-19,24-27,29,31,35,38,56H,4-14,17,20-23,28,30,32-34,36-37,39-55H2,1-3H3/b18-15-,19-16-,26-24-,27-25-,31-29-,38-35-/t56-/m0/s1. The predicted octanol–water partition coefficient (Wildman–Crippen LogP) is 18.2. The Morgan fingerprint density at radius 3 is 0.969 bits per heavy atom. The second-order valence-corrected chi connectivity index (χ2v) is 18.1. The van der Waals surface area contributed by atoms with Crippen molar-refractivity contribution in [2.75, 3.05) is 13.2 Å². The Bertz CT molecular complexity index is 1230. The van der Waals surface area contributed by atoms with Gasteiger partial charge in [-0.15, -0.1) is 0 Å². The summed E-state index contributed by atoms with van der Waals surface area (Å²) >= 11 is 0. The van der Waals surface area contributed by atoms with Gasteiger partial charge in [0, 0.05) is 19.3 Å². The van der Waals surface area contributed by atoms with Crippen LogP contribution in [0.4, 0.5) is 0 Å². The Hall–Kier alpha value is -3.15. The maximum Gasteiger partial charge on any atom is 0.306 e. The quantitative estimate of drug-likeness (QED) is 0.0262. The molecule has 0 N–H and O–H groups in total. The molecule has 0 unspecified atom stereocenters. The van der Waals surface area contributed by atoms with Crippen LogP contribution in [0.1, 0.15) is 265 Å². The Kier molecular flexibility index (Phi) is 50.9. The van der Waals surface area contributed by atoms with E-state index in [-0.39, 0.29) is 31.1 Å². The monoisotopic (exact) mass is 907 g/mol. The van der Waals surface area contributed by atoms with Crippen molar-refractivity contribution in [1.29, 1.82) is 0 Å². The minimum absolute atomic E-state index is 0.0912. The van der Waals surface area contributed by atoms with Gasteiger partial charge in [0.05, 0.1) is 0 Å². The maximum atomic E-state index is 12.8. The summed E-state index contributed by atoms with van der Waals surface area (Å²) < 4.78 is 16.8. The summed E-state index contributed by atoms with van der Waals surface area (Å²) in [5.74, 6) is -0.934. The zero-order chi connectivity index (χ0) is 47.2. The normalized spacial score (nSPS) is 12.6. The molecule has 374 valence electrons. The van der Waals surface area contributed by atoms with Crippen LogP contribution in [0.2, 0.25) is 0 Å². The molecule has 0 rings (SSSR count). The van der Waals surface area contributed by atoms with Gasteiger partial charge in [-0.2, -0.15) is 0 Å². The SMILES string of the molecule is CCCC/C=C\CCCCCCCC(=O)O[C@H](COC(=O)CCCCC/C=C\C/C=C\C/C=C\C/C=C\CCCCC)COC(=O)CCCCCCCCC/C=C\CCCCCCCC. The molecule has 0 saturated carbocycles. The number of hydrogen-bond donors (Lipinski definition) is 0. The fourth-order valence-corrected chi connectivity index (χ4v) is 7.46. The topological polar surface area (TPSA) is 78.9 Å². The Morgan fingerprint density at radius 2 is 0.569 bits per heavy atom. The van der Waals surface area contributed by atoms with Crippen LogP contribution in [0.15, 0.2) is 72.9 Å². The van der Waals surface area contributed by atoms with E-state index in [4.69, 9.17) is 14.2 Å². The van der Waals surface area contributed by atoms with E-state index in [9.17, 15) is 14.4 Å². The lowest BCUT2D eigenvalue weighted by atomic mass is 10.1. The van der Waals surface area contributed by atoms with Crippen LogP contribution in [0.3, 0.4) is 0 Å². The summed E-state index contributed by atoms with van der Waals surface area (Å²) in [6.07, 6.45) is 67.4. The van der Waals surface area contributed by atoms with Crippen molar-refractivity contribution in [3.8, 4) is 0 Å². The number of carbonyl (C=O) groups is 3. The first-order valence-corrected chi connectivity index (χ1v) is 27.4. The number of carbonyl (C=O) groups excluding carboxylic acids is 3. The van der Waals surface area contributed by atoms with E-state index in [1.54, 1.807) is 0 Å². The van der Waals surface area contributed by atoms with E-state index in [0.29, 0.717) is 19.3 Å². The van der Waals surface area contributed by atoms with Crippen molar-refractivity contribution >= 4 is 17.9 Å². The third kappa shape index (κ3) is 51.7. The Morgan fingerprint density at radius 1 is 0.308 bits per heavy atom. The van der Waals surface area contributed by atoms with E-state index >= 15 is 0 Å². The highest BCUT2D eigenvalue weighted by Crippen LogP contribution is 2.14. The Labute approximate surface area is 402 Å². The third-order valence-electron chi connectivity index (χ3n) is 11.7. The molecular formula is C59H102O6. The van der Waals surface area contributed by atoms with Crippen LogP contribution in [0.5, 0.6) is 0 Å². The Balaban J connectivity index is 4.40. The average Bonchev–Trinajstić information content (AvgIpc) is 3.30. The van der Waals surface area contributed by atoms with Gasteiger partial charge in [0.15, 0.2) is 6.10 Å². The molecular weight excluding hydrogens is 805 g/mol. The second kappa shape index (κ2) is 53.5. The zero-order valence-electron chi connectivity index (χ0n) is 42.7. The summed E-state index contributed by atoms with van der Waals surface area (Å²) in [6.45, 7) is 6.54. The van der Waals surface area contributed by atoms with Crippen LogP contribution >= 0.6 is 0 Å². The highest BCUT2D eigenvalue weighted by molar-refractivity contribution is 5.71. The molecule has 0 aliphatic carbocycles. The number of esters is 3. The first kappa shape index (κ1) is 61.9. The van der Waals surface area contributed by atoms with Gasteiger partial charge < -0.3 is 14.2 Å². The predicted molar refractivity (Wildman–Crippen MR) is 279 cm³/mol. The molecule has 65 heavy (non-hydrogen) atoms. The van der Waals surface area contributed by atoms with Gasteiger partial charge in [-0.05, 0) is 109 Å². The summed E-state index contributed by atoms with van der Waals surface area (Å²) in [7, 11) is 0. The largest absolute Gasteiger partial charge is 0.462 e. The molecule has 6 heteroatoms. The molecule has 0 aromatic heterocycles. The molecule has 0 aromatic rings. The van der Waals surface area contributed by atoms with Crippen LogP contribution in [-0.4, -0.2) is 37.2 Å². The van der Waals surface area contributed by atoms with Gasteiger partial charge in [-0.1, -0.05) is 209 Å². The van der Waals surface area contributed by atoms with Crippen LogP contribution in [-0.2, 0) is 28.6 Å². The van der Waals surface area contributed by atoms with Crippen molar-refractivity contribution in [2.45, 2.75) is 271 Å². The number of rotatable bonds is 49. The molecule has 0 fully saturated rings.